The van der Waals surface area contributed by atoms with E-state index in [4.69, 9.17) is 0 Å². The number of aromatic nitrogens is 6. The van der Waals surface area contributed by atoms with E-state index in [1.165, 1.54) is 34.1 Å². The van der Waals surface area contributed by atoms with E-state index in [1.807, 2.05) is 0 Å². The topological polar surface area (TPSA) is 81.2 Å². The second-order valence-corrected chi connectivity index (χ2v) is 7.42. The van der Waals surface area contributed by atoms with Crippen LogP contribution in [0.4, 0.5) is 13.2 Å². The molecule has 0 aliphatic heterocycles. The van der Waals surface area contributed by atoms with E-state index in [2.05, 4.69) is 20.2 Å². The fourth-order valence-electron chi connectivity index (χ4n) is 2.89. The molecule has 0 aliphatic carbocycles. The Morgan fingerprint density at radius 3 is 2.57 bits per heavy atom. The lowest BCUT2D eigenvalue weighted by Crippen LogP contribution is -2.21. The van der Waals surface area contributed by atoms with Gasteiger partial charge in [0.25, 0.3) is 5.91 Å². The Morgan fingerprint density at radius 2 is 1.96 bits per heavy atom. The van der Waals surface area contributed by atoms with Crippen LogP contribution in [0.5, 0.6) is 0 Å². The molecule has 4 aromatic rings. The Labute approximate surface area is 160 Å². The number of rotatable bonds is 2. The van der Waals surface area contributed by atoms with Crippen LogP contribution in [-0.2, 0) is 13.2 Å². The molecular formula is C16H14F3N7OS. The Balaban J connectivity index is 1.90. The van der Waals surface area contributed by atoms with Crippen molar-refractivity contribution in [3.63, 3.8) is 0 Å². The second kappa shape index (κ2) is 5.99. The number of nitrogens with zero attached hydrogens (tertiary/aromatic N) is 7. The largest absolute Gasteiger partial charge is 0.433 e. The molecule has 0 saturated heterocycles. The molecule has 0 radical (unpaired) electrons. The first-order valence-corrected chi connectivity index (χ1v) is 8.87. The maximum Gasteiger partial charge on any atom is 0.433 e. The van der Waals surface area contributed by atoms with Gasteiger partial charge in [0.15, 0.2) is 5.65 Å². The van der Waals surface area contributed by atoms with Gasteiger partial charge in [-0.1, -0.05) is 0 Å². The average molecular weight is 409 g/mol. The molecule has 8 nitrogen and oxygen atoms in total. The van der Waals surface area contributed by atoms with E-state index in [0.717, 1.165) is 10.7 Å². The average Bonchev–Trinajstić information content (AvgIpc) is 3.28. The van der Waals surface area contributed by atoms with Gasteiger partial charge in [-0.25, -0.2) is 14.5 Å². The van der Waals surface area contributed by atoms with Gasteiger partial charge in [0.05, 0.1) is 10.3 Å². The Kier molecular flexibility index (Phi) is 3.93. The first-order valence-electron chi connectivity index (χ1n) is 8.05. The third-order valence-corrected chi connectivity index (χ3v) is 5.46. The Hall–Kier alpha value is -3.02. The van der Waals surface area contributed by atoms with E-state index in [0.29, 0.717) is 26.3 Å². The molecule has 0 aliphatic rings. The minimum Gasteiger partial charge on any atom is -0.344 e. The molecule has 4 rings (SSSR count). The molecule has 12 heteroatoms. The molecule has 0 saturated carbocycles. The number of alkyl halides is 3. The summed E-state index contributed by atoms with van der Waals surface area (Å²) in [5, 5.41) is 8.73. The highest BCUT2D eigenvalue weighted by molar-refractivity contribution is 7.20. The third kappa shape index (κ3) is 2.71. The van der Waals surface area contributed by atoms with Crippen LogP contribution in [0, 0.1) is 6.92 Å². The highest BCUT2D eigenvalue weighted by Gasteiger charge is 2.35. The van der Waals surface area contributed by atoms with Crippen molar-refractivity contribution in [2.24, 2.45) is 7.05 Å². The third-order valence-electron chi connectivity index (χ3n) is 4.27. The van der Waals surface area contributed by atoms with E-state index in [9.17, 15) is 18.0 Å². The minimum atomic E-state index is -4.53. The fourth-order valence-corrected chi connectivity index (χ4v) is 4.06. The first kappa shape index (κ1) is 18.3. The number of amides is 1. The van der Waals surface area contributed by atoms with Crippen molar-refractivity contribution < 1.29 is 18.0 Å². The van der Waals surface area contributed by atoms with E-state index in [-0.39, 0.29) is 17.4 Å². The number of fused-ring (bicyclic) bond motifs is 3. The number of carbonyl (C=O) groups excluding carboxylic acids is 1. The number of hydrogen-bond acceptors (Lipinski definition) is 6. The van der Waals surface area contributed by atoms with Gasteiger partial charge in [0.2, 0.25) is 5.82 Å². The molecule has 0 N–H and O–H groups in total. The van der Waals surface area contributed by atoms with Crippen molar-refractivity contribution in [1.29, 1.82) is 0 Å². The highest BCUT2D eigenvalue weighted by atomic mass is 32.1. The van der Waals surface area contributed by atoms with E-state index in [1.54, 1.807) is 21.0 Å². The lowest BCUT2D eigenvalue weighted by atomic mass is 10.2. The van der Waals surface area contributed by atoms with Crippen LogP contribution < -0.4 is 0 Å². The normalized spacial score (nSPS) is 12.2. The Morgan fingerprint density at radius 1 is 1.25 bits per heavy atom. The van der Waals surface area contributed by atoms with Crippen LogP contribution >= 0.6 is 11.3 Å². The van der Waals surface area contributed by atoms with Crippen molar-refractivity contribution in [2.45, 2.75) is 13.1 Å². The first-order chi connectivity index (χ1) is 13.1. The van der Waals surface area contributed by atoms with Gasteiger partial charge in [-0.2, -0.15) is 18.3 Å². The van der Waals surface area contributed by atoms with Crippen molar-refractivity contribution in [3.8, 4) is 11.5 Å². The highest BCUT2D eigenvalue weighted by Crippen LogP contribution is 2.34. The maximum absolute atomic E-state index is 13.0. The van der Waals surface area contributed by atoms with Gasteiger partial charge in [0, 0.05) is 21.1 Å². The van der Waals surface area contributed by atoms with Crippen molar-refractivity contribution in [3.05, 3.63) is 28.5 Å². The fraction of sp³-hybridized carbons (Fsp3) is 0.312. The van der Waals surface area contributed by atoms with Crippen molar-refractivity contribution in [2.75, 3.05) is 14.1 Å². The summed E-state index contributed by atoms with van der Waals surface area (Å²) in [7, 11) is 4.53. The lowest BCUT2D eigenvalue weighted by Gasteiger charge is -2.08. The second-order valence-electron chi connectivity index (χ2n) is 6.42. The molecule has 0 bridgehead atoms. The molecule has 0 unspecified atom stereocenters. The molecule has 28 heavy (non-hydrogen) atoms. The number of thiophene rings is 1. The summed E-state index contributed by atoms with van der Waals surface area (Å²) < 4.78 is 41.2. The van der Waals surface area contributed by atoms with Crippen molar-refractivity contribution in [1.82, 2.24) is 34.3 Å². The maximum atomic E-state index is 13.0. The molecular weight excluding hydrogens is 395 g/mol. The summed E-state index contributed by atoms with van der Waals surface area (Å²) in [5.41, 5.74) is 0.220. The number of carbonyl (C=O) groups is 1. The SMILES string of the molecule is Cc1c(C(=O)N(C)C)sc2ncn3nc(-c4cc(C(F)(F)F)n(C)n4)nc3c12. The van der Waals surface area contributed by atoms with Crippen LogP contribution in [0.3, 0.4) is 0 Å². The molecule has 4 aromatic heterocycles. The lowest BCUT2D eigenvalue weighted by molar-refractivity contribution is -0.143. The van der Waals surface area contributed by atoms with Crippen LogP contribution in [-0.4, -0.2) is 54.3 Å². The van der Waals surface area contributed by atoms with Crippen LogP contribution in [0.2, 0.25) is 0 Å². The molecule has 0 aromatic carbocycles. The molecule has 0 fully saturated rings. The van der Waals surface area contributed by atoms with Crippen LogP contribution in [0.1, 0.15) is 20.9 Å². The predicted molar refractivity (Wildman–Crippen MR) is 96.1 cm³/mol. The van der Waals surface area contributed by atoms with Gasteiger partial charge < -0.3 is 4.90 Å². The zero-order chi connectivity index (χ0) is 20.4. The smallest absolute Gasteiger partial charge is 0.344 e. The molecule has 146 valence electrons. The quantitative estimate of drug-likeness (QED) is 0.509. The van der Waals surface area contributed by atoms with E-state index < -0.39 is 11.9 Å². The standard InChI is InChI=1S/C16H14F3N7OS/c1-7-10-13-21-12(8-5-9(16(17,18)19)25(4)22-8)23-26(13)6-20-14(10)28-11(7)15(27)24(2)3/h5-6H,1-4H3. The van der Waals surface area contributed by atoms with Gasteiger partial charge in [-0.05, 0) is 18.6 Å². The predicted octanol–water partition coefficient (Wildman–Crippen LogP) is 2.77. The zero-order valence-electron chi connectivity index (χ0n) is 15.2. The monoisotopic (exact) mass is 409 g/mol. The molecule has 0 spiro atoms. The summed E-state index contributed by atoms with van der Waals surface area (Å²) in [6.07, 6.45) is -3.11. The van der Waals surface area contributed by atoms with Crippen LogP contribution in [0.25, 0.3) is 27.4 Å². The van der Waals surface area contributed by atoms with Crippen molar-refractivity contribution >= 4 is 33.1 Å². The summed E-state index contributed by atoms with van der Waals surface area (Å²) in [5.74, 6) is -0.107. The minimum absolute atomic E-state index is 0.00384. The summed E-state index contributed by atoms with van der Waals surface area (Å²) in [6, 6.07) is 0.904. The number of hydrogen-bond donors (Lipinski definition) is 0. The molecule has 0 atom stereocenters. The van der Waals surface area contributed by atoms with Gasteiger partial charge >= 0.3 is 6.18 Å². The Bertz CT molecular complexity index is 1230. The van der Waals surface area contributed by atoms with Gasteiger partial charge in [0.1, 0.15) is 22.5 Å². The summed E-state index contributed by atoms with van der Waals surface area (Å²) >= 11 is 1.24. The van der Waals surface area contributed by atoms with E-state index >= 15 is 0 Å². The van der Waals surface area contributed by atoms with Gasteiger partial charge in [-0.15, -0.1) is 16.4 Å². The number of halogens is 3. The molecule has 4 heterocycles. The number of aryl methyl sites for hydroxylation is 2. The zero-order valence-corrected chi connectivity index (χ0v) is 16.1. The summed E-state index contributed by atoms with van der Waals surface area (Å²) in [4.78, 5) is 23.7. The molecule has 1 amide bonds. The van der Waals surface area contributed by atoms with Gasteiger partial charge in [-0.3, -0.25) is 9.48 Å². The van der Waals surface area contributed by atoms with Crippen LogP contribution in [0.15, 0.2) is 12.4 Å². The summed E-state index contributed by atoms with van der Waals surface area (Å²) in [6.45, 7) is 1.79.